The maximum atomic E-state index is 11.8. The van der Waals surface area contributed by atoms with Crippen molar-refractivity contribution in [1.29, 1.82) is 0 Å². The molecule has 0 unspecified atom stereocenters. The van der Waals surface area contributed by atoms with E-state index in [-0.39, 0.29) is 18.2 Å². The Labute approximate surface area is 134 Å². The van der Waals surface area contributed by atoms with Crippen molar-refractivity contribution in [2.24, 2.45) is 0 Å². The van der Waals surface area contributed by atoms with Gasteiger partial charge in [-0.25, -0.2) is 4.79 Å². The highest BCUT2D eigenvalue weighted by atomic mass is 16.3. The number of amides is 2. The third kappa shape index (κ3) is 6.13. The Bertz CT molecular complexity index is 324. The van der Waals surface area contributed by atoms with Gasteiger partial charge < -0.3 is 20.6 Å². The van der Waals surface area contributed by atoms with E-state index >= 15 is 0 Å². The number of carbonyl (C=O) groups is 1. The molecule has 22 heavy (non-hydrogen) atoms. The van der Waals surface area contributed by atoms with Gasteiger partial charge in [0.2, 0.25) is 0 Å². The maximum Gasteiger partial charge on any atom is 0.315 e. The third-order valence-electron chi connectivity index (χ3n) is 5.20. The Kier molecular flexibility index (Phi) is 7.46. The van der Waals surface area contributed by atoms with Crippen molar-refractivity contribution < 1.29 is 9.90 Å². The number of hydrogen-bond acceptors (Lipinski definition) is 3. The van der Waals surface area contributed by atoms with Gasteiger partial charge in [-0.15, -0.1) is 0 Å². The van der Waals surface area contributed by atoms with Crippen molar-refractivity contribution >= 4 is 6.03 Å². The van der Waals surface area contributed by atoms with Gasteiger partial charge in [-0.05, 0) is 58.5 Å². The fraction of sp³-hybridized carbons (Fsp3) is 0.941. The Morgan fingerprint density at radius 2 is 1.77 bits per heavy atom. The summed E-state index contributed by atoms with van der Waals surface area (Å²) in [6, 6.07) is 0.922. The summed E-state index contributed by atoms with van der Waals surface area (Å²) >= 11 is 0. The van der Waals surface area contributed by atoms with E-state index in [1.54, 1.807) is 0 Å². The lowest BCUT2D eigenvalue weighted by molar-refractivity contribution is 0.117. The molecule has 0 saturated heterocycles. The quantitative estimate of drug-likeness (QED) is 0.659. The topological polar surface area (TPSA) is 64.6 Å². The minimum absolute atomic E-state index is 0.0540. The third-order valence-corrected chi connectivity index (χ3v) is 5.20. The van der Waals surface area contributed by atoms with Gasteiger partial charge in [-0.3, -0.25) is 0 Å². The highest BCUT2D eigenvalue weighted by molar-refractivity contribution is 5.74. The minimum Gasteiger partial charge on any atom is -0.393 e. The van der Waals surface area contributed by atoms with Crippen LogP contribution in [0.15, 0.2) is 0 Å². The summed E-state index contributed by atoms with van der Waals surface area (Å²) in [5, 5.41) is 15.4. The van der Waals surface area contributed by atoms with Crippen LogP contribution in [0, 0.1) is 0 Å². The Morgan fingerprint density at radius 1 is 1.09 bits per heavy atom. The molecular formula is C17H33N3O2. The second kappa shape index (κ2) is 9.36. The molecule has 0 bridgehead atoms. The van der Waals surface area contributed by atoms with E-state index in [9.17, 15) is 9.90 Å². The summed E-state index contributed by atoms with van der Waals surface area (Å²) in [5.41, 5.74) is 0. The summed E-state index contributed by atoms with van der Waals surface area (Å²) in [6.45, 7) is 1.79. The molecule has 3 N–H and O–H groups in total. The summed E-state index contributed by atoms with van der Waals surface area (Å²) < 4.78 is 0. The average molecular weight is 311 g/mol. The fourth-order valence-electron chi connectivity index (χ4n) is 3.69. The number of aliphatic hydroxyl groups excluding tert-OH is 1. The molecule has 0 radical (unpaired) electrons. The predicted molar refractivity (Wildman–Crippen MR) is 88.9 cm³/mol. The molecule has 2 aliphatic rings. The number of hydrogen-bond donors (Lipinski definition) is 3. The van der Waals surface area contributed by atoms with Crippen molar-refractivity contribution in [2.45, 2.75) is 82.4 Å². The molecule has 0 spiro atoms. The van der Waals surface area contributed by atoms with E-state index < -0.39 is 0 Å². The van der Waals surface area contributed by atoms with E-state index in [0.29, 0.717) is 0 Å². The summed E-state index contributed by atoms with van der Waals surface area (Å²) in [6.07, 6.45) is 11.0. The van der Waals surface area contributed by atoms with Crippen molar-refractivity contribution in [3.05, 3.63) is 0 Å². The van der Waals surface area contributed by atoms with Crippen LogP contribution in [0.5, 0.6) is 0 Å². The van der Waals surface area contributed by atoms with Crippen LogP contribution in [0.3, 0.4) is 0 Å². The lowest BCUT2D eigenvalue weighted by Crippen LogP contribution is -2.45. The second-order valence-electron chi connectivity index (χ2n) is 7.03. The molecule has 2 amide bonds. The molecule has 0 aromatic heterocycles. The molecule has 2 saturated carbocycles. The molecule has 2 aliphatic carbocycles. The molecule has 0 aromatic rings. The smallest absolute Gasteiger partial charge is 0.315 e. The molecule has 0 heterocycles. The van der Waals surface area contributed by atoms with Crippen LogP contribution in [-0.2, 0) is 0 Å². The predicted octanol–water partition coefficient (Wildman–Crippen LogP) is 2.24. The van der Waals surface area contributed by atoms with E-state index in [2.05, 4.69) is 22.6 Å². The first kappa shape index (κ1) is 17.5. The first-order valence-corrected chi connectivity index (χ1v) is 9.08. The van der Waals surface area contributed by atoms with Crippen LogP contribution >= 0.6 is 0 Å². The van der Waals surface area contributed by atoms with Crippen LogP contribution in [0.2, 0.25) is 0 Å². The van der Waals surface area contributed by atoms with Crippen LogP contribution in [0.1, 0.15) is 64.2 Å². The molecule has 0 aromatic carbocycles. The van der Waals surface area contributed by atoms with Crippen molar-refractivity contribution in [3.8, 4) is 0 Å². The number of aliphatic hydroxyl groups is 1. The van der Waals surface area contributed by atoms with Gasteiger partial charge in [-0.1, -0.05) is 19.3 Å². The van der Waals surface area contributed by atoms with Crippen LogP contribution in [0.4, 0.5) is 4.79 Å². The molecule has 2 rings (SSSR count). The molecule has 0 aliphatic heterocycles. The number of nitrogens with one attached hydrogen (secondary N) is 2. The van der Waals surface area contributed by atoms with E-state index in [0.717, 1.165) is 51.2 Å². The zero-order valence-electron chi connectivity index (χ0n) is 14.0. The van der Waals surface area contributed by atoms with Crippen molar-refractivity contribution in [3.63, 3.8) is 0 Å². The second-order valence-corrected chi connectivity index (χ2v) is 7.03. The first-order chi connectivity index (χ1) is 10.6. The highest BCUT2D eigenvalue weighted by Crippen LogP contribution is 2.21. The van der Waals surface area contributed by atoms with Gasteiger partial charge in [0, 0.05) is 18.6 Å². The van der Waals surface area contributed by atoms with E-state index in [4.69, 9.17) is 0 Å². The SMILES string of the molecule is CN(CCCNC(=O)NC1CCC(O)CC1)C1CCCCC1. The monoisotopic (exact) mass is 311 g/mol. The summed E-state index contributed by atoms with van der Waals surface area (Å²) in [4.78, 5) is 14.3. The standard InChI is InChI=1S/C17H33N3O2/c1-20(15-6-3-2-4-7-15)13-5-12-18-17(22)19-14-8-10-16(21)11-9-14/h14-16,21H,2-13H2,1H3,(H2,18,19,22). The van der Waals surface area contributed by atoms with Crippen LogP contribution < -0.4 is 10.6 Å². The largest absolute Gasteiger partial charge is 0.393 e. The lowest BCUT2D eigenvalue weighted by Gasteiger charge is -2.31. The maximum absolute atomic E-state index is 11.8. The average Bonchev–Trinajstić information content (AvgIpc) is 2.54. The zero-order chi connectivity index (χ0) is 15.8. The lowest BCUT2D eigenvalue weighted by atomic mass is 9.93. The fourth-order valence-corrected chi connectivity index (χ4v) is 3.69. The summed E-state index contributed by atoms with van der Waals surface area (Å²) in [5.74, 6) is 0. The van der Waals surface area contributed by atoms with E-state index in [1.807, 2.05) is 0 Å². The molecule has 128 valence electrons. The molecule has 0 atom stereocenters. The van der Waals surface area contributed by atoms with Crippen LogP contribution in [-0.4, -0.2) is 54.4 Å². The minimum atomic E-state index is -0.170. The Hall–Kier alpha value is -0.810. The van der Waals surface area contributed by atoms with Crippen molar-refractivity contribution in [1.82, 2.24) is 15.5 Å². The Morgan fingerprint density at radius 3 is 2.45 bits per heavy atom. The van der Waals surface area contributed by atoms with E-state index in [1.165, 1.54) is 32.1 Å². The normalized spacial score (nSPS) is 26.9. The summed E-state index contributed by atoms with van der Waals surface area (Å²) in [7, 11) is 2.21. The van der Waals surface area contributed by atoms with Gasteiger partial charge in [0.25, 0.3) is 0 Å². The molecule has 5 nitrogen and oxygen atoms in total. The van der Waals surface area contributed by atoms with Gasteiger partial charge in [-0.2, -0.15) is 0 Å². The Balaban J connectivity index is 1.51. The van der Waals surface area contributed by atoms with Gasteiger partial charge in [0.05, 0.1) is 6.10 Å². The molecule has 2 fully saturated rings. The number of carbonyl (C=O) groups excluding carboxylic acids is 1. The zero-order valence-corrected chi connectivity index (χ0v) is 14.0. The van der Waals surface area contributed by atoms with Gasteiger partial charge >= 0.3 is 6.03 Å². The molecular weight excluding hydrogens is 278 g/mol. The van der Waals surface area contributed by atoms with Crippen molar-refractivity contribution in [2.75, 3.05) is 20.1 Å². The van der Waals surface area contributed by atoms with Gasteiger partial charge in [0.1, 0.15) is 0 Å². The molecule has 5 heteroatoms. The highest BCUT2D eigenvalue weighted by Gasteiger charge is 2.20. The van der Waals surface area contributed by atoms with Crippen LogP contribution in [0.25, 0.3) is 0 Å². The van der Waals surface area contributed by atoms with Gasteiger partial charge in [0.15, 0.2) is 0 Å². The number of urea groups is 1. The number of nitrogens with zero attached hydrogens (tertiary/aromatic N) is 1. The number of rotatable bonds is 6. The first-order valence-electron chi connectivity index (χ1n) is 9.08.